The van der Waals surface area contributed by atoms with Crippen molar-refractivity contribution in [3.8, 4) is 0 Å². The van der Waals surface area contributed by atoms with Crippen LogP contribution < -0.4 is 0 Å². The highest BCUT2D eigenvalue weighted by Crippen LogP contribution is 2.41. The molecular weight excluding hydrogens is 451 g/mol. The summed E-state index contributed by atoms with van der Waals surface area (Å²) in [4.78, 5) is 7.29. The number of halogens is 1. The number of nitrogens with zero attached hydrogens (tertiary/aromatic N) is 4. The molecule has 31 heavy (non-hydrogen) atoms. The van der Waals surface area contributed by atoms with Crippen molar-refractivity contribution in [1.82, 2.24) is 19.6 Å². The van der Waals surface area contributed by atoms with Crippen molar-refractivity contribution in [3.05, 3.63) is 46.1 Å². The molecule has 0 aliphatic carbocycles. The van der Waals surface area contributed by atoms with Gasteiger partial charge in [0.25, 0.3) is 0 Å². The van der Waals surface area contributed by atoms with E-state index in [4.69, 9.17) is 9.72 Å². The number of thioether (sulfide) groups is 2. The Labute approximate surface area is 192 Å². The minimum Gasteiger partial charge on any atom is -0.370 e. The molecule has 0 N–H and O–H groups in total. The van der Waals surface area contributed by atoms with Gasteiger partial charge in [0.15, 0.2) is 16.0 Å². The van der Waals surface area contributed by atoms with Gasteiger partial charge in [-0.25, -0.2) is 13.8 Å². The number of rotatable bonds is 6. The van der Waals surface area contributed by atoms with Gasteiger partial charge in [0.05, 0.1) is 17.6 Å². The molecule has 0 saturated heterocycles. The second kappa shape index (κ2) is 8.35. The molecule has 162 valence electrons. The Morgan fingerprint density at radius 1 is 1.16 bits per heavy atom. The Morgan fingerprint density at radius 3 is 2.74 bits per heavy atom. The van der Waals surface area contributed by atoms with Crippen LogP contribution in [0, 0.1) is 5.82 Å². The van der Waals surface area contributed by atoms with Crippen molar-refractivity contribution in [2.24, 2.45) is 0 Å². The Morgan fingerprint density at radius 2 is 1.97 bits per heavy atom. The Hall–Kier alpha value is -1.68. The third-order valence-corrected chi connectivity index (χ3v) is 8.47. The van der Waals surface area contributed by atoms with Crippen LogP contribution in [0.3, 0.4) is 0 Å². The second-order valence-corrected chi connectivity index (χ2v) is 11.3. The predicted molar refractivity (Wildman–Crippen MR) is 126 cm³/mol. The molecule has 3 aromatic heterocycles. The Kier molecular flexibility index (Phi) is 5.70. The minimum atomic E-state index is -0.222. The lowest BCUT2D eigenvalue weighted by Crippen LogP contribution is -2.31. The van der Waals surface area contributed by atoms with E-state index < -0.39 is 0 Å². The fourth-order valence-corrected chi connectivity index (χ4v) is 6.65. The normalized spacial score (nSPS) is 15.6. The van der Waals surface area contributed by atoms with Gasteiger partial charge in [-0.2, -0.15) is 0 Å². The van der Waals surface area contributed by atoms with Crippen molar-refractivity contribution in [2.75, 3.05) is 5.75 Å². The lowest BCUT2D eigenvalue weighted by Gasteiger charge is -2.30. The van der Waals surface area contributed by atoms with Gasteiger partial charge in [-0.05, 0) is 43.5 Å². The van der Waals surface area contributed by atoms with Crippen molar-refractivity contribution in [3.63, 3.8) is 0 Å². The summed E-state index contributed by atoms with van der Waals surface area (Å²) >= 11 is 5.05. The van der Waals surface area contributed by atoms with Crippen LogP contribution in [0.2, 0.25) is 0 Å². The number of aromatic nitrogens is 4. The highest BCUT2D eigenvalue weighted by molar-refractivity contribution is 7.99. The molecular formula is C22H23FN4OS3. The number of hydrogen-bond donors (Lipinski definition) is 0. The van der Waals surface area contributed by atoms with Crippen LogP contribution in [-0.4, -0.2) is 30.9 Å². The van der Waals surface area contributed by atoms with Gasteiger partial charge in [0, 0.05) is 22.8 Å². The molecule has 1 aliphatic rings. The summed E-state index contributed by atoms with van der Waals surface area (Å²) in [5.74, 6) is 1.45. The maximum atomic E-state index is 13.2. The van der Waals surface area contributed by atoms with Gasteiger partial charge in [0.2, 0.25) is 0 Å². The van der Waals surface area contributed by atoms with E-state index in [2.05, 4.69) is 35.4 Å². The summed E-state index contributed by atoms with van der Waals surface area (Å²) in [5, 5.41) is 12.0. The average molecular weight is 475 g/mol. The summed E-state index contributed by atoms with van der Waals surface area (Å²) < 4.78 is 21.4. The Balaban J connectivity index is 1.61. The first-order valence-corrected chi connectivity index (χ1v) is 13.1. The second-order valence-electron chi connectivity index (χ2n) is 8.21. The van der Waals surface area contributed by atoms with E-state index in [1.807, 2.05) is 12.1 Å². The maximum absolute atomic E-state index is 13.2. The van der Waals surface area contributed by atoms with Gasteiger partial charge in [0.1, 0.15) is 10.6 Å². The number of hydrogen-bond acceptors (Lipinski definition) is 7. The highest BCUT2D eigenvalue weighted by atomic mass is 32.2. The van der Waals surface area contributed by atoms with Gasteiger partial charge < -0.3 is 4.74 Å². The summed E-state index contributed by atoms with van der Waals surface area (Å²) in [6.07, 6.45) is 1.90. The first-order valence-electron chi connectivity index (χ1n) is 10.3. The molecule has 4 aromatic rings. The lowest BCUT2D eigenvalue weighted by molar-refractivity contribution is -0.0379. The predicted octanol–water partition coefficient (Wildman–Crippen LogP) is 6.12. The van der Waals surface area contributed by atoms with Crippen molar-refractivity contribution < 1.29 is 9.13 Å². The van der Waals surface area contributed by atoms with Crippen LogP contribution in [0.5, 0.6) is 0 Å². The van der Waals surface area contributed by atoms with Crippen LogP contribution in [0.15, 0.2) is 34.6 Å². The molecule has 0 amide bonds. The molecule has 5 nitrogen and oxygen atoms in total. The molecule has 0 atom stereocenters. The average Bonchev–Trinajstić information content (AvgIpc) is 3.31. The summed E-state index contributed by atoms with van der Waals surface area (Å²) in [6.45, 7) is 7.04. The van der Waals surface area contributed by atoms with E-state index in [-0.39, 0.29) is 11.4 Å². The quantitative estimate of drug-likeness (QED) is 0.248. The zero-order valence-corrected chi connectivity index (χ0v) is 20.1. The molecule has 5 rings (SSSR count). The molecule has 0 spiro atoms. The first-order chi connectivity index (χ1) is 14.9. The van der Waals surface area contributed by atoms with E-state index in [1.165, 1.54) is 22.6 Å². The molecule has 0 saturated carbocycles. The third-order valence-electron chi connectivity index (χ3n) is 5.23. The van der Waals surface area contributed by atoms with Gasteiger partial charge >= 0.3 is 0 Å². The number of thiophene rings is 1. The monoisotopic (exact) mass is 474 g/mol. The number of fused-ring (bicyclic) bond motifs is 5. The standard InChI is InChI=1S/C22H23FN4OS3/c1-4-9-29-20-24-19-17(15-10-22(2,3)28-11-16(15)31-19)18-25-26-21(27(18)20)30-12-13-5-7-14(23)8-6-13/h5-8H,4,9-12H2,1-3H3. The van der Waals surface area contributed by atoms with Crippen molar-refractivity contribution in [2.45, 2.75) is 61.9 Å². The van der Waals surface area contributed by atoms with Crippen molar-refractivity contribution >= 4 is 50.7 Å². The fourth-order valence-electron chi connectivity index (χ4n) is 3.70. The van der Waals surface area contributed by atoms with E-state index in [9.17, 15) is 4.39 Å². The number of ether oxygens (including phenoxy) is 1. The molecule has 0 unspecified atom stereocenters. The topological polar surface area (TPSA) is 52.3 Å². The van der Waals surface area contributed by atoms with Crippen molar-refractivity contribution in [1.29, 1.82) is 0 Å². The summed E-state index contributed by atoms with van der Waals surface area (Å²) in [7, 11) is 0. The molecule has 1 aromatic carbocycles. The van der Waals surface area contributed by atoms with Crippen LogP contribution in [-0.2, 0) is 23.5 Å². The minimum absolute atomic E-state index is 0.201. The summed E-state index contributed by atoms with van der Waals surface area (Å²) in [6, 6.07) is 6.61. The summed E-state index contributed by atoms with van der Waals surface area (Å²) in [5.41, 5.74) is 3.02. The third kappa shape index (κ3) is 4.08. The smallest absolute Gasteiger partial charge is 0.198 e. The van der Waals surface area contributed by atoms with Crippen LogP contribution in [0.4, 0.5) is 4.39 Å². The number of benzene rings is 1. The largest absolute Gasteiger partial charge is 0.370 e. The maximum Gasteiger partial charge on any atom is 0.198 e. The van der Waals surface area contributed by atoms with Gasteiger partial charge in [-0.3, -0.25) is 0 Å². The SMILES string of the molecule is CCCSc1nc2sc3c(c2c2nnc(SCc4ccc(F)cc4)n12)CC(C)(C)OC3. The fraction of sp³-hybridized carbons (Fsp3) is 0.409. The first kappa shape index (κ1) is 21.2. The molecule has 9 heteroatoms. The highest BCUT2D eigenvalue weighted by Gasteiger charge is 2.31. The van der Waals surface area contributed by atoms with Gasteiger partial charge in [-0.15, -0.1) is 21.5 Å². The zero-order valence-electron chi connectivity index (χ0n) is 17.6. The molecule has 0 fully saturated rings. The molecule has 0 radical (unpaired) electrons. The van der Waals surface area contributed by atoms with Crippen LogP contribution in [0.1, 0.15) is 43.2 Å². The zero-order chi connectivity index (χ0) is 21.6. The van der Waals surface area contributed by atoms with E-state index in [0.717, 1.165) is 50.3 Å². The van der Waals surface area contributed by atoms with Gasteiger partial charge in [-0.1, -0.05) is 42.6 Å². The molecule has 4 heterocycles. The Bertz CT molecular complexity index is 1250. The molecule has 1 aliphatic heterocycles. The molecule has 0 bridgehead atoms. The van der Waals surface area contributed by atoms with E-state index in [0.29, 0.717) is 12.4 Å². The van der Waals surface area contributed by atoms with E-state index >= 15 is 0 Å². The lowest BCUT2D eigenvalue weighted by atomic mass is 9.94. The van der Waals surface area contributed by atoms with E-state index in [1.54, 1.807) is 34.9 Å². The van der Waals surface area contributed by atoms with Crippen LogP contribution in [0.25, 0.3) is 15.9 Å². The van der Waals surface area contributed by atoms with Crippen LogP contribution >= 0.6 is 34.9 Å².